The first-order valence-electron chi connectivity index (χ1n) is 22.4. The number of halogens is 4. The number of benzene rings is 4. The Morgan fingerprint density at radius 3 is 0.875 bits per heavy atom. The lowest BCUT2D eigenvalue weighted by Crippen LogP contribution is -2.38. The van der Waals surface area contributed by atoms with Gasteiger partial charge in [0.25, 0.3) is 30.4 Å². The quantitative estimate of drug-likeness (QED) is 0.0894. The second kappa shape index (κ2) is 26.0. The first-order chi connectivity index (χ1) is 33.8. The number of aryl methyl sites for hydroxylation is 4. The maximum absolute atomic E-state index is 13.0. The fourth-order valence-corrected chi connectivity index (χ4v) is 8.78. The molecule has 8 atom stereocenters. The standard InChI is InChI=1S/3C12H15FO5S.C11H13FO3/c3*1-19(15,16)17-7-10(14)12-4-2-8-6-9(13)3-5-11(8)18-12;12-8-2-4-10-7(5-8)1-3-11(15-10)9(14)6-13/h3*3,5-6,10,12,14H,2,4,7H2,1H3;2,4-5,9,11,13-14H,1,3,6H2/t2*10-,12+;;/m10../s1. The Labute approximate surface area is 415 Å². The fourth-order valence-electron chi connectivity index (χ4n) is 7.62. The van der Waals surface area contributed by atoms with Crippen molar-refractivity contribution in [2.45, 2.75) is 100 Å². The van der Waals surface area contributed by atoms with E-state index >= 15 is 0 Å². The van der Waals surface area contributed by atoms with E-state index in [1.54, 1.807) is 6.07 Å². The van der Waals surface area contributed by atoms with E-state index in [4.69, 9.17) is 24.1 Å². The van der Waals surface area contributed by atoms with Gasteiger partial charge >= 0.3 is 0 Å². The highest BCUT2D eigenvalue weighted by molar-refractivity contribution is 7.86. The molecule has 4 heterocycles. The van der Waals surface area contributed by atoms with Gasteiger partial charge in [0.2, 0.25) is 0 Å². The van der Waals surface area contributed by atoms with Crippen molar-refractivity contribution in [2.24, 2.45) is 0 Å². The lowest BCUT2D eigenvalue weighted by molar-refractivity contribution is -0.00965. The summed E-state index contributed by atoms with van der Waals surface area (Å²) in [6.07, 6.45) is 1.05. The summed E-state index contributed by atoms with van der Waals surface area (Å²) >= 11 is 0. The van der Waals surface area contributed by atoms with Gasteiger partial charge in [0, 0.05) is 0 Å². The molecular formula is C47H58F4O18S3. The molecule has 0 fully saturated rings. The van der Waals surface area contributed by atoms with E-state index in [0.29, 0.717) is 74.4 Å². The van der Waals surface area contributed by atoms with Gasteiger partial charge in [0.15, 0.2) is 0 Å². The molecule has 400 valence electrons. The van der Waals surface area contributed by atoms with Crippen LogP contribution in [0.5, 0.6) is 23.0 Å². The van der Waals surface area contributed by atoms with Gasteiger partial charge in [-0.15, -0.1) is 0 Å². The molecule has 25 heteroatoms. The van der Waals surface area contributed by atoms with E-state index in [2.05, 4.69) is 12.5 Å². The molecule has 0 amide bonds. The van der Waals surface area contributed by atoms with Crippen LogP contribution in [0.15, 0.2) is 72.8 Å². The van der Waals surface area contributed by atoms with Crippen molar-refractivity contribution in [1.29, 1.82) is 0 Å². The monoisotopic (exact) mass is 1080 g/mol. The van der Waals surface area contributed by atoms with Crippen LogP contribution in [-0.4, -0.2) is 145 Å². The Bertz CT molecular complexity index is 2530. The lowest BCUT2D eigenvalue weighted by atomic mass is 9.99. The van der Waals surface area contributed by atoms with Crippen molar-refractivity contribution >= 4 is 30.4 Å². The van der Waals surface area contributed by atoms with Crippen LogP contribution >= 0.6 is 0 Å². The zero-order chi connectivity index (χ0) is 53.0. The predicted octanol–water partition coefficient (Wildman–Crippen LogP) is 3.44. The molecule has 4 aromatic rings. The van der Waals surface area contributed by atoms with Gasteiger partial charge in [0.1, 0.15) is 95.1 Å². The van der Waals surface area contributed by atoms with Crippen molar-refractivity contribution < 1.29 is 99.8 Å². The summed E-state index contributed by atoms with van der Waals surface area (Å²) < 4.78 is 153. The number of hydrogen-bond acceptors (Lipinski definition) is 18. The second-order valence-corrected chi connectivity index (χ2v) is 22.1. The molecule has 5 N–H and O–H groups in total. The molecule has 0 saturated carbocycles. The molecule has 72 heavy (non-hydrogen) atoms. The smallest absolute Gasteiger partial charge is 0.264 e. The van der Waals surface area contributed by atoms with Crippen LogP contribution in [-0.2, 0) is 68.6 Å². The fraction of sp³-hybridized carbons (Fsp3) is 0.489. The van der Waals surface area contributed by atoms with E-state index in [0.717, 1.165) is 41.0 Å². The van der Waals surface area contributed by atoms with Crippen LogP contribution in [0, 0.1) is 23.3 Å². The summed E-state index contributed by atoms with van der Waals surface area (Å²) in [4.78, 5) is 0. The highest BCUT2D eigenvalue weighted by atomic mass is 32.2. The summed E-state index contributed by atoms with van der Waals surface area (Å²) in [6, 6.07) is 16.8. The molecule has 8 rings (SSSR count). The van der Waals surface area contributed by atoms with E-state index in [1.165, 1.54) is 66.7 Å². The van der Waals surface area contributed by atoms with Gasteiger partial charge < -0.3 is 44.5 Å². The Kier molecular flexibility index (Phi) is 21.0. The molecule has 4 aliphatic rings. The maximum Gasteiger partial charge on any atom is 0.264 e. The van der Waals surface area contributed by atoms with E-state index < -0.39 is 79.2 Å². The normalized spacial score (nSPS) is 20.7. The molecule has 0 aliphatic carbocycles. The minimum Gasteiger partial charge on any atom is -0.487 e. The molecule has 0 radical (unpaired) electrons. The number of hydrogen-bond donors (Lipinski definition) is 5. The van der Waals surface area contributed by atoms with E-state index in [9.17, 15) is 63.2 Å². The zero-order valence-electron chi connectivity index (χ0n) is 39.3. The Balaban J connectivity index is 0.000000179. The third-order valence-electron chi connectivity index (χ3n) is 11.3. The molecule has 18 nitrogen and oxygen atoms in total. The Morgan fingerprint density at radius 2 is 0.667 bits per heavy atom. The van der Waals surface area contributed by atoms with Gasteiger partial charge in [-0.3, -0.25) is 12.5 Å². The van der Waals surface area contributed by atoms with Crippen molar-refractivity contribution in [1.82, 2.24) is 0 Å². The molecule has 0 bridgehead atoms. The molecule has 4 aliphatic heterocycles. The molecule has 4 unspecified atom stereocenters. The number of rotatable bonds is 14. The van der Waals surface area contributed by atoms with Crippen LogP contribution in [0.25, 0.3) is 0 Å². The second-order valence-electron chi connectivity index (χ2n) is 17.2. The van der Waals surface area contributed by atoms with Crippen LogP contribution in [0.1, 0.15) is 47.9 Å². The molecule has 4 aromatic carbocycles. The SMILES string of the molecule is CS(=O)(=O)OCC(O)C1CCc2cc(F)ccc2O1.CS(=O)(=O)OC[C@@H](O)[C@@H]1CCc2cc(F)ccc2O1.CS(=O)(=O)OC[C@H](O)[C@H]1CCc2cc(F)ccc2O1.OCC(O)C1CCc2cc(F)ccc2O1. The number of aliphatic hydroxyl groups excluding tert-OH is 5. The van der Waals surface area contributed by atoms with E-state index in [1.807, 2.05) is 0 Å². The molecule has 0 spiro atoms. The third-order valence-corrected chi connectivity index (χ3v) is 13.0. The summed E-state index contributed by atoms with van der Waals surface area (Å²) in [5.41, 5.74) is 3.05. The number of aliphatic hydroxyl groups is 5. The first kappa shape index (κ1) is 58.2. The summed E-state index contributed by atoms with van der Waals surface area (Å²) in [5, 5.41) is 47.7. The minimum atomic E-state index is -3.59. The highest BCUT2D eigenvalue weighted by Crippen LogP contribution is 2.33. The zero-order valence-corrected chi connectivity index (χ0v) is 41.8. The largest absolute Gasteiger partial charge is 0.487 e. The molecule has 0 aromatic heterocycles. The van der Waals surface area contributed by atoms with Gasteiger partial charge in [-0.05, 0) is 146 Å². The lowest BCUT2D eigenvalue weighted by Gasteiger charge is -2.29. The first-order valence-corrected chi connectivity index (χ1v) is 27.9. The summed E-state index contributed by atoms with van der Waals surface area (Å²) in [5.74, 6) is 0.854. The van der Waals surface area contributed by atoms with Crippen molar-refractivity contribution in [3.63, 3.8) is 0 Å². The Hall–Kier alpha value is -4.67. The van der Waals surface area contributed by atoms with Crippen LogP contribution in [0.2, 0.25) is 0 Å². The van der Waals surface area contributed by atoms with Gasteiger partial charge in [0.05, 0.1) is 45.2 Å². The summed E-state index contributed by atoms with van der Waals surface area (Å²) in [7, 11) is -10.8. The van der Waals surface area contributed by atoms with Crippen LogP contribution < -0.4 is 18.9 Å². The minimum absolute atomic E-state index is 0.279. The van der Waals surface area contributed by atoms with Crippen molar-refractivity contribution in [3.8, 4) is 23.0 Å². The number of fused-ring (bicyclic) bond motifs is 4. The van der Waals surface area contributed by atoms with Crippen LogP contribution in [0.3, 0.4) is 0 Å². The molecular weight excluding hydrogens is 1020 g/mol. The summed E-state index contributed by atoms with van der Waals surface area (Å²) in [6.45, 7) is -1.36. The molecule has 0 saturated heterocycles. The third kappa shape index (κ3) is 19.0. The average Bonchev–Trinajstić information content (AvgIpc) is 3.33. The Morgan fingerprint density at radius 1 is 0.444 bits per heavy atom. The van der Waals surface area contributed by atoms with Crippen molar-refractivity contribution in [3.05, 3.63) is 118 Å². The van der Waals surface area contributed by atoms with Gasteiger partial charge in [-0.1, -0.05) is 0 Å². The van der Waals surface area contributed by atoms with E-state index in [-0.39, 0.29) is 49.7 Å². The van der Waals surface area contributed by atoms with Crippen molar-refractivity contribution in [2.75, 3.05) is 45.2 Å². The highest BCUT2D eigenvalue weighted by Gasteiger charge is 2.31. The van der Waals surface area contributed by atoms with Crippen LogP contribution in [0.4, 0.5) is 17.6 Å². The van der Waals surface area contributed by atoms with Gasteiger partial charge in [-0.2, -0.15) is 25.3 Å². The van der Waals surface area contributed by atoms with Gasteiger partial charge in [-0.25, -0.2) is 17.6 Å². The number of ether oxygens (including phenoxy) is 4. The predicted molar refractivity (Wildman–Crippen MR) is 250 cm³/mol. The maximum atomic E-state index is 13.0. The topological polar surface area (TPSA) is 268 Å². The average molecular weight is 1080 g/mol.